The Kier molecular flexibility index (Phi) is 39.3. The highest BCUT2D eigenvalue weighted by Crippen LogP contribution is 2.29. The molecule has 0 aliphatic heterocycles. The van der Waals surface area contributed by atoms with E-state index in [2.05, 4.69) is 195 Å². The van der Waals surface area contributed by atoms with Gasteiger partial charge in [0.05, 0.1) is 91.0 Å². The van der Waals surface area contributed by atoms with Crippen molar-refractivity contribution in [3.63, 3.8) is 0 Å². The topological polar surface area (TPSA) is 338 Å². The van der Waals surface area contributed by atoms with Gasteiger partial charge in [0, 0.05) is 67.2 Å². The van der Waals surface area contributed by atoms with Crippen molar-refractivity contribution >= 4 is 0 Å². The van der Waals surface area contributed by atoms with Crippen molar-refractivity contribution in [1.29, 1.82) is 0 Å². The van der Waals surface area contributed by atoms with Crippen molar-refractivity contribution in [2.45, 2.75) is 246 Å². The average Bonchev–Trinajstić information content (AvgIpc) is 1.76. The molecule has 0 spiro atoms. The minimum absolute atomic E-state index is 0.0406. The van der Waals surface area contributed by atoms with E-state index in [9.17, 15) is 13.2 Å². The number of rotatable bonds is 11. The van der Waals surface area contributed by atoms with Crippen LogP contribution in [-0.4, -0.2) is 164 Å². The summed E-state index contributed by atoms with van der Waals surface area (Å²) in [7, 11) is 0. The van der Waals surface area contributed by atoms with Gasteiger partial charge in [-0.3, -0.25) is 28.1 Å². The lowest BCUT2D eigenvalue weighted by molar-refractivity contribution is -0.137. The summed E-state index contributed by atoms with van der Waals surface area (Å²) >= 11 is 0. The molecule has 0 fully saturated rings. The van der Waals surface area contributed by atoms with Gasteiger partial charge in [0.25, 0.3) is 0 Å². The number of aromatic nitrogens is 33. The van der Waals surface area contributed by atoms with Crippen LogP contribution < -0.4 is 0 Å². The number of alkyl halides is 3. The van der Waals surface area contributed by atoms with Crippen molar-refractivity contribution < 1.29 is 13.2 Å². The van der Waals surface area contributed by atoms with Gasteiger partial charge in [-0.15, -0.1) is 30.6 Å². The first-order valence-electron chi connectivity index (χ1n) is 31.3. The van der Waals surface area contributed by atoms with Crippen LogP contribution in [0.2, 0.25) is 0 Å². The molecule has 11 aromatic heterocycles. The fourth-order valence-corrected chi connectivity index (χ4v) is 5.93. The normalized spacial score (nSPS) is 10.7. The highest BCUT2D eigenvalue weighted by Gasteiger charge is 2.32. The molecule has 11 rings (SSSR count). The maximum atomic E-state index is 12.0. The summed E-state index contributed by atoms with van der Waals surface area (Å²) in [5, 5.41) is 77.2. The summed E-state index contributed by atoms with van der Waals surface area (Å²) < 4.78 is 46.5. The average molecular weight is 1330 g/mol. The van der Waals surface area contributed by atoms with E-state index in [-0.39, 0.29) is 6.04 Å². The van der Waals surface area contributed by atoms with Crippen LogP contribution in [0.25, 0.3) is 0 Å². The van der Waals surface area contributed by atoms with Gasteiger partial charge in [-0.05, 0) is 190 Å². The van der Waals surface area contributed by atoms with Crippen LogP contribution in [0, 0.1) is 20.8 Å². The zero-order chi connectivity index (χ0) is 71.8. The second kappa shape index (κ2) is 44.8. The van der Waals surface area contributed by atoms with Gasteiger partial charge >= 0.3 is 6.18 Å². The molecule has 0 radical (unpaired) electrons. The quantitative estimate of drug-likeness (QED) is 0.116. The van der Waals surface area contributed by atoms with Crippen LogP contribution in [0.1, 0.15) is 242 Å². The summed E-state index contributed by atoms with van der Waals surface area (Å²) in [6.45, 7) is 50.2. The summed E-state index contributed by atoms with van der Waals surface area (Å²) in [6, 6.07) is 5.85. The van der Waals surface area contributed by atoms with Gasteiger partial charge in [0.2, 0.25) is 0 Å². The molecule has 0 bridgehead atoms. The lowest BCUT2D eigenvalue weighted by atomic mass is 10.3. The van der Waals surface area contributed by atoms with E-state index in [1.165, 1.54) is 4.68 Å². The maximum absolute atomic E-state index is 12.0. The van der Waals surface area contributed by atoms with Gasteiger partial charge < -0.3 is 0 Å². The summed E-state index contributed by atoms with van der Waals surface area (Å²) in [6.07, 6.45) is 23.4. The van der Waals surface area contributed by atoms with E-state index >= 15 is 0 Å². The Hall–Kier alpha value is -9.67. The van der Waals surface area contributed by atoms with E-state index in [1.807, 2.05) is 105 Å². The van der Waals surface area contributed by atoms with E-state index in [0.717, 1.165) is 29.7 Å². The minimum atomic E-state index is -4.28. The second-order valence-corrected chi connectivity index (χ2v) is 23.6. The van der Waals surface area contributed by atoms with Crippen molar-refractivity contribution in [2.24, 2.45) is 0 Å². The summed E-state index contributed by atoms with van der Waals surface area (Å²) in [5.74, 6) is 1.45. The Balaban J connectivity index is 0.000000524. The van der Waals surface area contributed by atoms with Crippen molar-refractivity contribution in [1.82, 2.24) is 164 Å². The third kappa shape index (κ3) is 36.4. The first-order chi connectivity index (χ1) is 44.6. The first kappa shape index (κ1) is 83.3. The van der Waals surface area contributed by atoms with E-state index in [1.54, 1.807) is 131 Å². The van der Waals surface area contributed by atoms with E-state index in [4.69, 9.17) is 0 Å². The molecule has 36 heteroatoms. The Morgan fingerprint density at radius 3 is 0.863 bits per heavy atom. The lowest BCUT2D eigenvalue weighted by Gasteiger charge is -2.04. The number of aryl methyl sites for hydroxylation is 3. The molecule has 95 heavy (non-hydrogen) atoms. The smallest absolute Gasteiger partial charge is 0.270 e. The third-order valence-corrected chi connectivity index (χ3v) is 11.2. The molecule has 0 saturated carbocycles. The number of hydrogen-bond donors (Lipinski definition) is 0. The van der Waals surface area contributed by atoms with Gasteiger partial charge in [-0.25, -0.2) is 9.97 Å². The Morgan fingerprint density at radius 1 is 0.326 bits per heavy atom. The van der Waals surface area contributed by atoms with Crippen LogP contribution >= 0.6 is 0 Å². The summed E-state index contributed by atoms with van der Waals surface area (Å²) in [4.78, 5) is 15.8. The standard InChI is InChI=1S/C7H9F3N2.C6H11N3.C6H10N2.2C5H10N4.6C5H9N3/c1-5(2)12-4-6(3-11-12)7(8,9)10;1-5(2)9-7-4-6(3)8-9;1-6(2)8-5-3-4-7-8;2*1-4(2)9-7-5(3)6-8-9;2*1-5(2)8-4-6-3-7-8;2*1-5(2)8-4-3-6-7-8;2*1-5(2)8-6-3-4-7-8/h3-5H,1-2H3;4-5H,1-3H3;3-6H,1-2H3;2*4H,1-3H3;6*3-5H,1-2H3. The van der Waals surface area contributed by atoms with Gasteiger partial charge in [-0.2, -0.15) is 88.1 Å². The van der Waals surface area contributed by atoms with Crippen LogP contribution in [0.3, 0.4) is 0 Å². The number of nitrogens with zero attached hydrogens (tertiary/aromatic N) is 33. The lowest BCUT2D eigenvalue weighted by Crippen LogP contribution is -2.04. The van der Waals surface area contributed by atoms with Crippen LogP contribution in [0.5, 0.6) is 0 Å². The van der Waals surface area contributed by atoms with Gasteiger partial charge in [-0.1, -0.05) is 10.4 Å². The zero-order valence-corrected chi connectivity index (χ0v) is 60.1. The highest BCUT2D eigenvalue weighted by atomic mass is 19.4. The van der Waals surface area contributed by atoms with Crippen LogP contribution in [0.4, 0.5) is 13.2 Å². The molecule has 0 amide bonds. The first-order valence-corrected chi connectivity index (χ1v) is 31.3. The maximum Gasteiger partial charge on any atom is 0.419 e. The van der Waals surface area contributed by atoms with Gasteiger partial charge in [0.1, 0.15) is 25.3 Å². The molecule has 0 atom stereocenters. The predicted octanol–water partition coefficient (Wildman–Crippen LogP) is 11.4. The number of hydrogen-bond acceptors (Lipinski definition) is 22. The second-order valence-electron chi connectivity index (χ2n) is 23.6. The number of tetrazole rings is 2. The van der Waals surface area contributed by atoms with E-state index in [0.29, 0.717) is 60.4 Å². The molecule has 0 N–H and O–H groups in total. The molecule has 0 aromatic carbocycles. The fourth-order valence-electron chi connectivity index (χ4n) is 5.93. The van der Waals surface area contributed by atoms with Crippen LogP contribution in [-0.2, 0) is 6.18 Å². The molecule has 11 heterocycles. The Bertz CT molecular complexity index is 2940. The van der Waals surface area contributed by atoms with Crippen LogP contribution in [0.15, 0.2) is 112 Å². The van der Waals surface area contributed by atoms with Crippen molar-refractivity contribution in [2.75, 3.05) is 0 Å². The van der Waals surface area contributed by atoms with Crippen molar-refractivity contribution in [3.05, 3.63) is 135 Å². The zero-order valence-electron chi connectivity index (χ0n) is 60.1. The van der Waals surface area contributed by atoms with Gasteiger partial charge in [0.15, 0.2) is 11.6 Å². The monoisotopic (exact) mass is 1330 g/mol. The molecular weight excluding hydrogens is 1230 g/mol. The van der Waals surface area contributed by atoms with Crippen molar-refractivity contribution in [3.8, 4) is 0 Å². The Labute approximate surface area is 556 Å². The minimum Gasteiger partial charge on any atom is -0.270 e. The molecule has 0 unspecified atom stereocenters. The molecule has 11 aromatic rings. The third-order valence-electron chi connectivity index (χ3n) is 11.2. The predicted molar refractivity (Wildman–Crippen MR) is 354 cm³/mol. The SMILES string of the molecule is CC(C)n1cc(C(F)(F)F)cn1.CC(C)n1cccn1.CC(C)n1ccnn1.CC(C)n1ccnn1.CC(C)n1cncn1.CC(C)n1cncn1.CC(C)n1nccn1.CC(C)n1nccn1.Cc1cnn(C(C)C)n1.Cc1nnn(C(C)C)n1.Cc1nnn(C(C)C)n1. The molecule has 0 aliphatic carbocycles. The molecular formula is C59H104F3N33. The molecule has 0 saturated heterocycles. The largest absolute Gasteiger partial charge is 0.419 e. The van der Waals surface area contributed by atoms with E-state index < -0.39 is 11.7 Å². The molecule has 33 nitrogen and oxygen atoms in total. The highest BCUT2D eigenvalue weighted by molar-refractivity contribution is 5.08. The molecule has 526 valence electrons. The fraction of sp³-hybridized carbons (Fsp3) is 0.627. The summed E-state index contributed by atoms with van der Waals surface area (Å²) in [5.41, 5.74) is 0.278. The Morgan fingerprint density at radius 2 is 0.705 bits per heavy atom. The number of halogens is 3. The molecule has 0 aliphatic rings.